The highest BCUT2D eigenvalue weighted by Crippen LogP contribution is 2.17. The van der Waals surface area contributed by atoms with Gasteiger partial charge >= 0.3 is 0 Å². The number of benzene rings is 1. The molecular formula is C13H15FN4. The van der Waals surface area contributed by atoms with Crippen molar-refractivity contribution in [3.8, 4) is 0 Å². The molecule has 0 aliphatic heterocycles. The van der Waals surface area contributed by atoms with E-state index in [1.165, 1.54) is 18.5 Å². The summed E-state index contributed by atoms with van der Waals surface area (Å²) >= 11 is 0. The van der Waals surface area contributed by atoms with Gasteiger partial charge in [-0.2, -0.15) is 0 Å². The van der Waals surface area contributed by atoms with Gasteiger partial charge in [-0.1, -0.05) is 6.07 Å². The maximum absolute atomic E-state index is 13.0. The molecule has 0 amide bonds. The van der Waals surface area contributed by atoms with Crippen molar-refractivity contribution < 1.29 is 4.39 Å². The zero-order valence-electron chi connectivity index (χ0n) is 10.3. The lowest BCUT2D eigenvalue weighted by Crippen LogP contribution is -2.11. The van der Waals surface area contributed by atoms with Gasteiger partial charge in [-0.15, -0.1) is 0 Å². The minimum Gasteiger partial charge on any atom is -0.368 e. The van der Waals surface area contributed by atoms with E-state index < -0.39 is 0 Å². The third-order valence-electron chi connectivity index (χ3n) is 2.20. The monoisotopic (exact) mass is 246 g/mol. The predicted molar refractivity (Wildman–Crippen MR) is 70.5 cm³/mol. The van der Waals surface area contributed by atoms with Crippen molar-refractivity contribution in [3.05, 3.63) is 42.5 Å². The maximum atomic E-state index is 13.0. The molecule has 0 saturated carbocycles. The van der Waals surface area contributed by atoms with Gasteiger partial charge in [0, 0.05) is 17.8 Å². The summed E-state index contributed by atoms with van der Waals surface area (Å²) < 4.78 is 13.0. The first-order valence-electron chi connectivity index (χ1n) is 5.74. The van der Waals surface area contributed by atoms with Crippen LogP contribution in [0.5, 0.6) is 0 Å². The summed E-state index contributed by atoms with van der Waals surface area (Å²) in [6.07, 6.45) is 1.46. The van der Waals surface area contributed by atoms with Gasteiger partial charge < -0.3 is 10.6 Å². The van der Waals surface area contributed by atoms with Gasteiger partial charge in [0.25, 0.3) is 0 Å². The molecule has 0 atom stereocenters. The van der Waals surface area contributed by atoms with E-state index >= 15 is 0 Å². The van der Waals surface area contributed by atoms with Gasteiger partial charge in [0.05, 0.1) is 0 Å². The van der Waals surface area contributed by atoms with E-state index in [0.29, 0.717) is 17.5 Å². The highest BCUT2D eigenvalue weighted by atomic mass is 19.1. The summed E-state index contributed by atoms with van der Waals surface area (Å²) in [5.41, 5.74) is 0.657. The van der Waals surface area contributed by atoms with E-state index in [9.17, 15) is 4.39 Å². The predicted octanol–water partition coefficient (Wildman–Crippen LogP) is 3.18. The SMILES string of the molecule is CC(C)Nc1cc(Nc2cccc(F)c2)ncn1. The van der Waals surface area contributed by atoms with Crippen LogP contribution in [0.15, 0.2) is 36.7 Å². The molecule has 2 N–H and O–H groups in total. The number of halogens is 1. The van der Waals surface area contributed by atoms with Crippen molar-refractivity contribution in [1.82, 2.24) is 9.97 Å². The fraction of sp³-hybridized carbons (Fsp3) is 0.231. The van der Waals surface area contributed by atoms with E-state index in [2.05, 4.69) is 20.6 Å². The van der Waals surface area contributed by atoms with Crippen LogP contribution in [0.25, 0.3) is 0 Å². The molecule has 0 aliphatic rings. The smallest absolute Gasteiger partial charge is 0.135 e. The van der Waals surface area contributed by atoms with Gasteiger partial charge in [0.1, 0.15) is 23.8 Å². The Morgan fingerprint density at radius 2 is 1.89 bits per heavy atom. The molecule has 0 spiro atoms. The molecule has 0 fully saturated rings. The fourth-order valence-electron chi connectivity index (χ4n) is 1.51. The third kappa shape index (κ3) is 3.41. The molecule has 4 nitrogen and oxygen atoms in total. The summed E-state index contributed by atoms with van der Waals surface area (Å²) in [6, 6.07) is 8.31. The lowest BCUT2D eigenvalue weighted by molar-refractivity contribution is 0.628. The van der Waals surface area contributed by atoms with Crippen LogP contribution in [-0.2, 0) is 0 Å². The summed E-state index contributed by atoms with van der Waals surface area (Å²) in [6.45, 7) is 4.06. The number of anilines is 3. The number of aromatic nitrogens is 2. The lowest BCUT2D eigenvalue weighted by atomic mass is 10.3. The third-order valence-corrected chi connectivity index (χ3v) is 2.20. The first-order valence-corrected chi connectivity index (χ1v) is 5.74. The molecular weight excluding hydrogens is 231 g/mol. The minimum absolute atomic E-state index is 0.283. The van der Waals surface area contributed by atoms with E-state index in [1.54, 1.807) is 18.2 Å². The van der Waals surface area contributed by atoms with Crippen LogP contribution >= 0.6 is 0 Å². The highest BCUT2D eigenvalue weighted by molar-refractivity contribution is 5.58. The Kier molecular flexibility index (Phi) is 3.72. The Morgan fingerprint density at radius 1 is 1.11 bits per heavy atom. The fourth-order valence-corrected chi connectivity index (χ4v) is 1.51. The molecule has 0 saturated heterocycles. The minimum atomic E-state index is -0.283. The van der Waals surface area contributed by atoms with Crippen LogP contribution in [0.2, 0.25) is 0 Å². The van der Waals surface area contributed by atoms with Gasteiger partial charge in [-0.25, -0.2) is 14.4 Å². The van der Waals surface area contributed by atoms with Crippen molar-refractivity contribution in [2.45, 2.75) is 19.9 Å². The standard InChI is InChI=1S/C13H15FN4/c1-9(2)17-12-7-13(16-8-15-12)18-11-5-3-4-10(14)6-11/h3-9H,1-2H3,(H2,15,16,17,18). The average Bonchev–Trinajstić information content (AvgIpc) is 2.28. The number of nitrogens with one attached hydrogen (secondary N) is 2. The molecule has 2 rings (SSSR count). The van der Waals surface area contributed by atoms with Crippen molar-refractivity contribution >= 4 is 17.3 Å². The second-order valence-electron chi connectivity index (χ2n) is 4.22. The van der Waals surface area contributed by atoms with Gasteiger partial charge in [-0.05, 0) is 32.0 Å². The second-order valence-corrected chi connectivity index (χ2v) is 4.22. The topological polar surface area (TPSA) is 49.8 Å². The van der Waals surface area contributed by atoms with Crippen LogP contribution < -0.4 is 10.6 Å². The molecule has 94 valence electrons. The van der Waals surface area contributed by atoms with Crippen LogP contribution in [0, 0.1) is 5.82 Å². The van der Waals surface area contributed by atoms with Gasteiger partial charge in [0.2, 0.25) is 0 Å². The molecule has 1 heterocycles. The van der Waals surface area contributed by atoms with E-state index in [1.807, 2.05) is 13.8 Å². The molecule has 18 heavy (non-hydrogen) atoms. The van der Waals surface area contributed by atoms with Crippen molar-refractivity contribution in [2.75, 3.05) is 10.6 Å². The van der Waals surface area contributed by atoms with E-state index in [4.69, 9.17) is 0 Å². The second kappa shape index (κ2) is 5.44. The average molecular weight is 246 g/mol. The Balaban J connectivity index is 2.14. The summed E-state index contributed by atoms with van der Waals surface area (Å²) in [5, 5.41) is 6.20. The molecule has 1 aromatic heterocycles. The van der Waals surface area contributed by atoms with Gasteiger partial charge in [-0.3, -0.25) is 0 Å². The molecule has 2 aromatic rings. The number of rotatable bonds is 4. The Bertz CT molecular complexity index is 528. The summed E-state index contributed by atoms with van der Waals surface area (Å²) in [5.74, 6) is 1.08. The largest absolute Gasteiger partial charge is 0.368 e. The number of hydrogen-bond acceptors (Lipinski definition) is 4. The van der Waals surface area contributed by atoms with E-state index in [0.717, 1.165) is 5.82 Å². The molecule has 1 aromatic carbocycles. The van der Waals surface area contributed by atoms with Crippen LogP contribution in [0.4, 0.5) is 21.7 Å². The maximum Gasteiger partial charge on any atom is 0.135 e. The summed E-state index contributed by atoms with van der Waals surface area (Å²) in [7, 11) is 0. The highest BCUT2D eigenvalue weighted by Gasteiger charge is 2.01. The first kappa shape index (κ1) is 12.3. The van der Waals surface area contributed by atoms with Crippen LogP contribution in [-0.4, -0.2) is 16.0 Å². The zero-order chi connectivity index (χ0) is 13.0. The van der Waals surface area contributed by atoms with Crippen molar-refractivity contribution in [3.63, 3.8) is 0 Å². The Morgan fingerprint density at radius 3 is 2.61 bits per heavy atom. The number of hydrogen-bond donors (Lipinski definition) is 2. The molecule has 0 radical (unpaired) electrons. The molecule has 0 bridgehead atoms. The quantitative estimate of drug-likeness (QED) is 0.870. The van der Waals surface area contributed by atoms with Crippen LogP contribution in [0.1, 0.15) is 13.8 Å². The van der Waals surface area contributed by atoms with Crippen molar-refractivity contribution in [1.29, 1.82) is 0 Å². The van der Waals surface area contributed by atoms with Gasteiger partial charge in [0.15, 0.2) is 0 Å². The van der Waals surface area contributed by atoms with Crippen molar-refractivity contribution in [2.24, 2.45) is 0 Å². The zero-order valence-corrected chi connectivity index (χ0v) is 10.3. The first-order chi connectivity index (χ1) is 8.63. The lowest BCUT2D eigenvalue weighted by Gasteiger charge is -2.10. The Hall–Kier alpha value is -2.17. The Labute approximate surface area is 105 Å². The molecule has 0 aliphatic carbocycles. The number of nitrogens with zero attached hydrogens (tertiary/aromatic N) is 2. The van der Waals surface area contributed by atoms with E-state index in [-0.39, 0.29) is 5.82 Å². The van der Waals surface area contributed by atoms with Crippen LogP contribution in [0.3, 0.4) is 0 Å². The normalized spacial score (nSPS) is 10.4. The molecule has 0 unspecified atom stereocenters. The molecule has 5 heteroatoms. The summed E-state index contributed by atoms with van der Waals surface area (Å²) in [4.78, 5) is 8.19.